The van der Waals surface area contributed by atoms with Gasteiger partial charge in [-0.25, -0.2) is 0 Å². The van der Waals surface area contributed by atoms with Gasteiger partial charge in [-0.15, -0.1) is 45.3 Å². The number of aryl methyl sites for hydroxylation is 4. The fourth-order valence-corrected chi connectivity index (χ4v) is 18.3. The van der Waals surface area contributed by atoms with Crippen molar-refractivity contribution in [3.63, 3.8) is 0 Å². The molecular weight excluding hydrogens is 1150 g/mol. The minimum Gasteiger partial charge on any atom is -0.308 e. The Morgan fingerprint density at radius 2 is 0.432 bits per heavy atom. The number of nitrogens with zero attached hydrogens (tertiary/aromatic N) is 4. The predicted molar refractivity (Wildman–Crippen MR) is 388 cm³/mol. The zero-order chi connectivity index (χ0) is 59.0. The van der Waals surface area contributed by atoms with E-state index in [1.54, 1.807) is 0 Å². The number of hydrogen-bond donors (Lipinski definition) is 0. The third kappa shape index (κ3) is 8.71. The lowest BCUT2D eigenvalue weighted by molar-refractivity contribution is 1.16. The Bertz CT molecular complexity index is 4590. The van der Waals surface area contributed by atoms with Gasteiger partial charge in [0.25, 0.3) is 0 Å². The van der Waals surface area contributed by atoms with E-state index in [-0.39, 0.29) is 0 Å². The summed E-state index contributed by atoms with van der Waals surface area (Å²) in [5, 5.41) is 12.2. The van der Waals surface area contributed by atoms with Crippen LogP contribution in [-0.4, -0.2) is 0 Å². The third-order valence-corrected chi connectivity index (χ3v) is 22.8. The van der Waals surface area contributed by atoms with E-state index in [1.165, 1.54) is 115 Å². The standard InChI is InChI=1S/C80H62N4S4/c1-5-67-77(59-37-21-25-41-71(59)85-67)81(51-29-13-9-14-30-51)63-49-64(82(52-31-15-10-16-32-52)78-60-38-22-26-42-72(60)86-68(78)6-2)56-47-48-58-66(84(54-35-19-12-20-36-54)80-62-40-24-28-44-74(62)88-70(80)8-4)50-65(57-46-45-55(63)75(56)76(57)58)83(53-33-17-11-18-34-53)79-61-39-23-27-43-73(61)87-69(79)7-3/h9-50H,5-8H2,1-4H3. The van der Waals surface area contributed by atoms with Crippen molar-refractivity contribution in [3.05, 3.63) is 274 Å². The van der Waals surface area contributed by atoms with E-state index in [4.69, 9.17) is 0 Å². The summed E-state index contributed by atoms with van der Waals surface area (Å²) in [6, 6.07) is 95.8. The fourth-order valence-electron chi connectivity index (χ4n) is 13.8. The van der Waals surface area contributed by atoms with Crippen molar-refractivity contribution in [2.75, 3.05) is 19.6 Å². The maximum Gasteiger partial charge on any atom is 0.0679 e. The molecule has 12 aromatic carbocycles. The summed E-state index contributed by atoms with van der Waals surface area (Å²) in [4.78, 5) is 15.9. The normalized spacial score (nSPS) is 11.8. The fraction of sp³-hybridized carbons (Fsp3) is 0.100. The summed E-state index contributed by atoms with van der Waals surface area (Å²) in [5.74, 6) is 0. The Labute approximate surface area is 529 Å². The zero-order valence-corrected chi connectivity index (χ0v) is 52.8. The first kappa shape index (κ1) is 54.1. The van der Waals surface area contributed by atoms with Gasteiger partial charge in [0.05, 0.1) is 45.5 Å². The van der Waals surface area contributed by atoms with Gasteiger partial charge in [-0.1, -0.05) is 198 Å². The highest BCUT2D eigenvalue weighted by molar-refractivity contribution is 7.21. The van der Waals surface area contributed by atoms with Crippen molar-refractivity contribution in [1.29, 1.82) is 0 Å². The molecule has 0 N–H and O–H groups in total. The molecule has 88 heavy (non-hydrogen) atoms. The highest BCUT2D eigenvalue weighted by Gasteiger charge is 2.33. The smallest absolute Gasteiger partial charge is 0.0679 e. The van der Waals surface area contributed by atoms with Gasteiger partial charge in [0.1, 0.15) is 0 Å². The van der Waals surface area contributed by atoms with Gasteiger partial charge < -0.3 is 19.6 Å². The quantitative estimate of drug-likeness (QED) is 0.0894. The molecule has 4 heterocycles. The molecule has 0 bridgehead atoms. The van der Waals surface area contributed by atoms with Crippen LogP contribution in [0.5, 0.6) is 0 Å². The van der Waals surface area contributed by atoms with Crippen LogP contribution in [0.4, 0.5) is 68.2 Å². The average molecular weight is 1210 g/mol. The molecule has 0 fully saturated rings. The molecule has 0 aliphatic rings. The van der Waals surface area contributed by atoms with Crippen LogP contribution in [0.15, 0.2) is 255 Å². The van der Waals surface area contributed by atoms with Crippen LogP contribution in [0.25, 0.3) is 72.7 Å². The van der Waals surface area contributed by atoms with Crippen LogP contribution in [-0.2, 0) is 25.7 Å². The van der Waals surface area contributed by atoms with E-state index < -0.39 is 0 Å². The van der Waals surface area contributed by atoms with Crippen molar-refractivity contribution in [3.8, 4) is 0 Å². The molecule has 0 radical (unpaired) electrons. The first-order valence-corrected chi connectivity index (χ1v) is 34.0. The Hall–Kier alpha value is -9.28. The molecule has 0 amide bonds. The van der Waals surface area contributed by atoms with E-state index >= 15 is 0 Å². The van der Waals surface area contributed by atoms with E-state index in [9.17, 15) is 0 Å². The van der Waals surface area contributed by atoms with Gasteiger partial charge in [-0.2, -0.15) is 0 Å². The van der Waals surface area contributed by atoms with Crippen LogP contribution < -0.4 is 19.6 Å². The van der Waals surface area contributed by atoms with Crippen molar-refractivity contribution < 1.29 is 0 Å². The molecule has 0 saturated carbocycles. The molecule has 0 saturated heterocycles. The van der Waals surface area contributed by atoms with Gasteiger partial charge >= 0.3 is 0 Å². The SMILES string of the molecule is CCc1sc2ccccc2c1N(c1ccccc1)c1cc(N(c2ccccc2)c2c(CC)sc3ccccc23)c2ccc3c(N(c4ccccc4)c4c(CC)sc5ccccc45)cc(N(c4ccccc4)c4c(CC)sc5ccccc45)c4ccc1c2c43. The Morgan fingerprint density at radius 1 is 0.227 bits per heavy atom. The molecule has 0 aliphatic heterocycles. The lowest BCUT2D eigenvalue weighted by Gasteiger charge is -2.35. The topological polar surface area (TPSA) is 13.0 Å². The number of rotatable bonds is 16. The first-order valence-electron chi connectivity index (χ1n) is 30.7. The lowest BCUT2D eigenvalue weighted by atomic mass is 9.88. The number of hydrogen-bond acceptors (Lipinski definition) is 8. The van der Waals surface area contributed by atoms with Gasteiger partial charge in [0.2, 0.25) is 0 Å². The lowest BCUT2D eigenvalue weighted by Crippen LogP contribution is -2.17. The van der Waals surface area contributed by atoms with Crippen LogP contribution in [0, 0.1) is 0 Å². The molecule has 16 rings (SSSR count). The number of para-hydroxylation sites is 4. The minimum absolute atomic E-state index is 0.888. The average Bonchev–Trinajstić information content (AvgIpc) is 0.785. The summed E-state index contributed by atoms with van der Waals surface area (Å²) < 4.78 is 5.14. The monoisotopic (exact) mass is 1210 g/mol. The Balaban J connectivity index is 1.14. The van der Waals surface area contributed by atoms with Crippen molar-refractivity contribution in [2.45, 2.75) is 53.4 Å². The van der Waals surface area contributed by atoms with Crippen LogP contribution in [0.2, 0.25) is 0 Å². The zero-order valence-electron chi connectivity index (χ0n) is 49.5. The van der Waals surface area contributed by atoms with Crippen LogP contribution >= 0.6 is 45.3 Å². The molecule has 0 atom stereocenters. The van der Waals surface area contributed by atoms with Gasteiger partial charge in [0.15, 0.2) is 0 Å². The van der Waals surface area contributed by atoms with Crippen LogP contribution in [0.3, 0.4) is 0 Å². The molecule has 426 valence electrons. The largest absolute Gasteiger partial charge is 0.308 e. The molecule has 4 nitrogen and oxygen atoms in total. The summed E-state index contributed by atoms with van der Waals surface area (Å²) in [6.07, 6.45) is 3.55. The van der Waals surface area contributed by atoms with Gasteiger partial charge in [-0.05, 0) is 111 Å². The van der Waals surface area contributed by atoms with Crippen molar-refractivity contribution >= 4 is 186 Å². The molecule has 0 aliphatic carbocycles. The van der Waals surface area contributed by atoms with E-state index in [1.807, 2.05) is 45.3 Å². The summed E-state index contributed by atoms with van der Waals surface area (Å²) in [6.45, 7) is 9.28. The molecule has 8 heteroatoms. The molecule has 0 spiro atoms. The van der Waals surface area contributed by atoms with Crippen LogP contribution in [0.1, 0.15) is 47.2 Å². The summed E-state index contributed by atoms with van der Waals surface area (Å²) in [5.41, 5.74) is 13.9. The van der Waals surface area contributed by atoms with Crippen molar-refractivity contribution in [1.82, 2.24) is 0 Å². The maximum absolute atomic E-state index is 2.62. The minimum atomic E-state index is 0.888. The number of thiophene rings is 4. The first-order chi connectivity index (χ1) is 43.5. The van der Waals surface area contributed by atoms with Gasteiger partial charge in [-0.3, -0.25) is 0 Å². The highest BCUT2D eigenvalue weighted by Crippen LogP contribution is 2.59. The van der Waals surface area contributed by atoms with E-state index in [0.29, 0.717) is 0 Å². The van der Waals surface area contributed by atoms with Crippen molar-refractivity contribution in [2.24, 2.45) is 0 Å². The maximum atomic E-state index is 2.62. The summed E-state index contributed by atoms with van der Waals surface area (Å²) >= 11 is 7.67. The Kier molecular flexibility index (Phi) is 13.8. The second kappa shape index (κ2) is 22.5. The predicted octanol–water partition coefficient (Wildman–Crippen LogP) is 25.6. The molecule has 4 aromatic heterocycles. The number of anilines is 12. The van der Waals surface area contributed by atoms with Gasteiger partial charge in [0, 0.05) is 115 Å². The number of benzene rings is 12. The van der Waals surface area contributed by atoms with E-state index in [0.717, 1.165) is 71.2 Å². The summed E-state index contributed by atoms with van der Waals surface area (Å²) in [7, 11) is 0. The second-order valence-electron chi connectivity index (χ2n) is 22.5. The third-order valence-electron chi connectivity index (χ3n) is 17.6. The molecular formula is C80H62N4S4. The van der Waals surface area contributed by atoms with E-state index in [2.05, 4.69) is 302 Å². The molecule has 0 unspecified atom stereocenters. The Morgan fingerprint density at radius 3 is 0.648 bits per heavy atom. The second-order valence-corrected chi connectivity index (χ2v) is 27.0. The number of fused-ring (bicyclic) bond motifs is 4. The molecule has 16 aromatic rings. The highest BCUT2D eigenvalue weighted by atomic mass is 32.1.